The molecule has 5 nitrogen and oxygen atoms in total. The molecule has 0 unspecified atom stereocenters. The minimum atomic E-state index is -0.397. The van der Waals surface area contributed by atoms with Crippen molar-refractivity contribution in [3.8, 4) is 0 Å². The molecule has 1 aromatic heterocycles. The number of amides is 2. The molecule has 1 N–H and O–H groups in total. The maximum atomic E-state index is 12.8. The predicted molar refractivity (Wildman–Crippen MR) is 118 cm³/mol. The van der Waals surface area contributed by atoms with Crippen LogP contribution in [0.3, 0.4) is 0 Å². The second-order valence-electron chi connectivity index (χ2n) is 7.24. The normalized spacial score (nSPS) is 15.2. The zero-order valence-corrected chi connectivity index (χ0v) is 17.4. The number of fused-ring (bicyclic) bond motifs is 1. The van der Waals surface area contributed by atoms with Gasteiger partial charge in [-0.2, -0.15) is 0 Å². The highest BCUT2D eigenvalue weighted by Crippen LogP contribution is 2.28. The molecule has 4 rings (SSSR count). The molecule has 2 amide bonds. The molecular formula is C24H21NO4S. The number of carbonyl (C=O) groups excluding carboxylic acids is 3. The summed E-state index contributed by atoms with van der Waals surface area (Å²) in [5, 5.41) is 2.62. The second kappa shape index (κ2) is 8.71. The van der Waals surface area contributed by atoms with Crippen molar-refractivity contribution in [2.24, 2.45) is 0 Å². The molecule has 152 valence electrons. The highest BCUT2D eigenvalue weighted by Gasteiger charge is 2.25. The lowest BCUT2D eigenvalue weighted by molar-refractivity contribution is -0.115. The van der Waals surface area contributed by atoms with Gasteiger partial charge in [0.1, 0.15) is 5.58 Å². The number of aryl methyl sites for hydroxylation is 1. The summed E-state index contributed by atoms with van der Waals surface area (Å²) in [7, 11) is 0. The fourth-order valence-electron chi connectivity index (χ4n) is 3.38. The van der Waals surface area contributed by atoms with Crippen LogP contribution >= 0.6 is 11.8 Å². The topological polar surface area (TPSA) is 76.4 Å². The third-order valence-electron chi connectivity index (χ3n) is 4.99. The van der Waals surface area contributed by atoms with Crippen LogP contribution in [0.15, 0.2) is 57.9 Å². The van der Waals surface area contributed by atoms with Crippen molar-refractivity contribution < 1.29 is 18.8 Å². The summed E-state index contributed by atoms with van der Waals surface area (Å²) in [6, 6.07) is 14.8. The van der Waals surface area contributed by atoms with E-state index in [1.807, 2.05) is 30.3 Å². The summed E-state index contributed by atoms with van der Waals surface area (Å²) >= 11 is 0.872. The minimum Gasteiger partial charge on any atom is -0.453 e. The fourth-order valence-corrected chi connectivity index (χ4v) is 4.06. The zero-order chi connectivity index (χ0) is 21.1. The number of benzene rings is 2. The average molecular weight is 420 g/mol. The molecule has 0 saturated carbocycles. The number of rotatable bonds is 7. The van der Waals surface area contributed by atoms with Crippen molar-refractivity contribution in [2.75, 3.05) is 0 Å². The molecule has 0 radical (unpaired) electrons. The van der Waals surface area contributed by atoms with Gasteiger partial charge in [0, 0.05) is 10.9 Å². The van der Waals surface area contributed by atoms with E-state index >= 15 is 0 Å². The standard InChI is InChI=1S/C24H21NO4S/c1-2-3-4-5-15-6-9-17(10-7-15)22(26)20-14-18-12-16(8-11-19(18)29-20)13-21-23(27)25-24(28)30-21/h6-14H,2-5H2,1H3,(H,25,27,28)/b21-13-. The van der Waals surface area contributed by atoms with Crippen LogP contribution in [0.1, 0.15) is 53.4 Å². The van der Waals surface area contributed by atoms with E-state index in [2.05, 4.69) is 12.2 Å². The van der Waals surface area contributed by atoms with Gasteiger partial charge in [-0.05, 0) is 60.0 Å². The van der Waals surface area contributed by atoms with Crippen molar-refractivity contribution in [1.82, 2.24) is 5.32 Å². The van der Waals surface area contributed by atoms with E-state index < -0.39 is 5.91 Å². The number of nitrogens with one attached hydrogen (secondary N) is 1. The lowest BCUT2D eigenvalue weighted by Gasteiger charge is -2.02. The Labute approximate surface area is 178 Å². The molecule has 1 saturated heterocycles. The average Bonchev–Trinajstić information content (AvgIpc) is 3.30. The van der Waals surface area contributed by atoms with Gasteiger partial charge >= 0.3 is 0 Å². The van der Waals surface area contributed by atoms with E-state index in [1.165, 1.54) is 18.4 Å². The molecule has 2 aromatic carbocycles. The molecule has 0 aliphatic carbocycles. The van der Waals surface area contributed by atoms with Crippen LogP contribution in [-0.2, 0) is 11.2 Å². The monoisotopic (exact) mass is 419 g/mol. The highest BCUT2D eigenvalue weighted by molar-refractivity contribution is 8.18. The van der Waals surface area contributed by atoms with E-state index in [4.69, 9.17) is 4.42 Å². The Balaban J connectivity index is 1.53. The number of ketones is 1. The Kier molecular flexibility index (Phi) is 5.86. The van der Waals surface area contributed by atoms with Gasteiger partial charge in [-0.15, -0.1) is 0 Å². The van der Waals surface area contributed by atoms with Crippen LogP contribution in [-0.4, -0.2) is 16.9 Å². The summed E-state index contributed by atoms with van der Waals surface area (Å²) in [6.07, 6.45) is 6.22. The summed E-state index contributed by atoms with van der Waals surface area (Å²) < 4.78 is 5.75. The number of hydrogen-bond donors (Lipinski definition) is 1. The van der Waals surface area contributed by atoms with Gasteiger partial charge in [-0.1, -0.05) is 50.1 Å². The molecular weight excluding hydrogens is 398 g/mol. The molecule has 1 aliphatic heterocycles. The molecule has 30 heavy (non-hydrogen) atoms. The van der Waals surface area contributed by atoms with Crippen LogP contribution in [0, 0.1) is 0 Å². The van der Waals surface area contributed by atoms with E-state index in [9.17, 15) is 14.4 Å². The van der Waals surface area contributed by atoms with Crippen LogP contribution in [0.5, 0.6) is 0 Å². The molecule has 3 aromatic rings. The molecule has 6 heteroatoms. The first-order chi connectivity index (χ1) is 14.5. The largest absolute Gasteiger partial charge is 0.453 e. The molecule has 2 heterocycles. The van der Waals surface area contributed by atoms with E-state index in [1.54, 1.807) is 24.3 Å². The van der Waals surface area contributed by atoms with Crippen LogP contribution in [0.4, 0.5) is 4.79 Å². The maximum absolute atomic E-state index is 12.8. The number of imide groups is 1. The molecule has 1 fully saturated rings. The summed E-state index contributed by atoms with van der Waals surface area (Å²) in [5.41, 5.74) is 3.17. The Bertz CT molecular complexity index is 1160. The van der Waals surface area contributed by atoms with Crippen molar-refractivity contribution in [3.05, 3.63) is 75.9 Å². The molecule has 0 atom stereocenters. The lowest BCUT2D eigenvalue weighted by atomic mass is 10.0. The van der Waals surface area contributed by atoms with E-state index in [0.717, 1.165) is 35.6 Å². The van der Waals surface area contributed by atoms with Crippen molar-refractivity contribution in [2.45, 2.75) is 32.6 Å². The lowest BCUT2D eigenvalue weighted by Crippen LogP contribution is -2.17. The first-order valence-electron chi connectivity index (χ1n) is 9.95. The van der Waals surface area contributed by atoms with Gasteiger partial charge in [-0.25, -0.2) is 0 Å². The van der Waals surface area contributed by atoms with Gasteiger partial charge in [0.15, 0.2) is 5.76 Å². The minimum absolute atomic E-state index is 0.164. The first-order valence-corrected chi connectivity index (χ1v) is 10.8. The predicted octanol–water partition coefficient (Wildman–Crippen LogP) is 5.72. The molecule has 0 bridgehead atoms. The van der Waals surface area contributed by atoms with Gasteiger partial charge in [0.05, 0.1) is 4.91 Å². The van der Waals surface area contributed by atoms with Gasteiger partial charge < -0.3 is 4.42 Å². The van der Waals surface area contributed by atoms with E-state index in [-0.39, 0.29) is 16.8 Å². The second-order valence-corrected chi connectivity index (χ2v) is 8.26. The number of thioether (sulfide) groups is 1. The van der Waals surface area contributed by atoms with Crippen molar-refractivity contribution in [3.63, 3.8) is 0 Å². The third kappa shape index (κ3) is 4.39. The van der Waals surface area contributed by atoms with Crippen molar-refractivity contribution in [1.29, 1.82) is 0 Å². The van der Waals surface area contributed by atoms with Gasteiger partial charge in [0.2, 0.25) is 5.78 Å². The molecule has 1 aliphatic rings. The quantitative estimate of drug-likeness (QED) is 0.301. The third-order valence-corrected chi connectivity index (χ3v) is 5.80. The summed E-state index contributed by atoms with van der Waals surface area (Å²) in [4.78, 5) is 36.2. The Morgan fingerprint density at radius 1 is 1.07 bits per heavy atom. The van der Waals surface area contributed by atoms with Gasteiger partial charge in [-0.3, -0.25) is 19.7 Å². The van der Waals surface area contributed by atoms with Crippen LogP contribution in [0.2, 0.25) is 0 Å². The number of furan rings is 1. The number of unbranched alkanes of at least 4 members (excludes halogenated alkanes) is 2. The fraction of sp³-hybridized carbons (Fsp3) is 0.208. The maximum Gasteiger partial charge on any atom is 0.290 e. The zero-order valence-electron chi connectivity index (χ0n) is 16.6. The van der Waals surface area contributed by atoms with Gasteiger partial charge in [0.25, 0.3) is 11.1 Å². The van der Waals surface area contributed by atoms with E-state index in [0.29, 0.717) is 16.1 Å². The molecule has 0 spiro atoms. The number of hydrogen-bond acceptors (Lipinski definition) is 5. The summed E-state index contributed by atoms with van der Waals surface area (Å²) in [6.45, 7) is 2.18. The Morgan fingerprint density at radius 3 is 2.57 bits per heavy atom. The van der Waals surface area contributed by atoms with Crippen LogP contribution < -0.4 is 5.32 Å². The highest BCUT2D eigenvalue weighted by atomic mass is 32.2. The first kappa shape index (κ1) is 20.2. The smallest absolute Gasteiger partial charge is 0.290 e. The summed E-state index contributed by atoms with van der Waals surface area (Å²) in [5.74, 6) is -0.287. The SMILES string of the molecule is CCCCCc1ccc(C(=O)c2cc3cc(/C=C4\SC(=O)NC4=O)ccc3o2)cc1. The van der Waals surface area contributed by atoms with Crippen LogP contribution in [0.25, 0.3) is 17.0 Å². The Hall–Kier alpha value is -3.12. The van der Waals surface area contributed by atoms with Crippen molar-refractivity contribution >= 4 is 45.7 Å². The Morgan fingerprint density at radius 2 is 1.87 bits per heavy atom. The number of carbonyl (C=O) groups is 3.